The van der Waals surface area contributed by atoms with Crippen LogP contribution in [0.5, 0.6) is 0 Å². The van der Waals surface area contributed by atoms with Gasteiger partial charge in [0, 0.05) is 19.6 Å². The van der Waals surface area contributed by atoms with Crippen molar-refractivity contribution in [2.24, 2.45) is 0 Å². The second-order valence-corrected chi connectivity index (χ2v) is 6.96. The normalized spacial score (nSPS) is 21.5. The highest BCUT2D eigenvalue weighted by Crippen LogP contribution is 2.26. The first kappa shape index (κ1) is 14.5. The van der Waals surface area contributed by atoms with Gasteiger partial charge in [-0.3, -0.25) is 10.1 Å². The number of hydrogen-bond donors (Lipinski definition) is 1. The molecule has 2 heterocycles. The molecule has 0 amide bonds. The van der Waals surface area contributed by atoms with Crippen LogP contribution in [0.3, 0.4) is 0 Å². The summed E-state index contributed by atoms with van der Waals surface area (Å²) in [7, 11) is -1.41. The van der Waals surface area contributed by atoms with Crippen LogP contribution in [0.2, 0.25) is 0 Å². The number of nitrogens with one attached hydrogen (secondary N) is 1. The van der Waals surface area contributed by atoms with Gasteiger partial charge in [0.15, 0.2) is 9.84 Å². The Balaban J connectivity index is 2.37. The van der Waals surface area contributed by atoms with Crippen LogP contribution in [0.4, 0.5) is 17.3 Å². The average molecular weight is 300 g/mol. The Labute approximate surface area is 116 Å². The van der Waals surface area contributed by atoms with Crippen molar-refractivity contribution in [2.75, 3.05) is 35.3 Å². The van der Waals surface area contributed by atoms with E-state index < -0.39 is 14.8 Å². The Morgan fingerprint density at radius 1 is 1.50 bits per heavy atom. The van der Waals surface area contributed by atoms with Gasteiger partial charge < -0.3 is 10.2 Å². The highest BCUT2D eigenvalue weighted by molar-refractivity contribution is 7.91. The third-order valence-electron chi connectivity index (χ3n) is 3.23. The molecule has 0 radical (unpaired) electrons. The first-order valence-corrected chi connectivity index (χ1v) is 7.96. The van der Waals surface area contributed by atoms with Gasteiger partial charge in [0.1, 0.15) is 11.6 Å². The maximum Gasteiger partial charge on any atom is 0.276 e. The van der Waals surface area contributed by atoms with Gasteiger partial charge in [-0.2, -0.15) is 0 Å². The van der Waals surface area contributed by atoms with Crippen LogP contribution in [0.1, 0.15) is 6.92 Å². The van der Waals surface area contributed by atoms with Gasteiger partial charge in [-0.05, 0) is 6.92 Å². The molecule has 1 N–H and O–H groups in total. The van der Waals surface area contributed by atoms with Crippen molar-refractivity contribution in [1.82, 2.24) is 4.98 Å². The molecule has 8 nitrogen and oxygen atoms in total. The maximum atomic E-state index is 11.6. The molecule has 9 heteroatoms. The summed E-state index contributed by atoms with van der Waals surface area (Å²) in [6.45, 7) is 2.07. The molecule has 1 aliphatic heterocycles. The number of hydrogen-bond acceptors (Lipinski definition) is 7. The van der Waals surface area contributed by atoms with Crippen LogP contribution in [-0.4, -0.2) is 49.5 Å². The third kappa shape index (κ3) is 2.98. The van der Waals surface area contributed by atoms with Crippen molar-refractivity contribution >= 4 is 27.2 Å². The summed E-state index contributed by atoms with van der Waals surface area (Å²) in [6.07, 6.45) is 0. The van der Waals surface area contributed by atoms with E-state index in [9.17, 15) is 18.5 Å². The fourth-order valence-electron chi connectivity index (χ4n) is 2.22. The summed E-state index contributed by atoms with van der Waals surface area (Å²) < 4.78 is 23.1. The summed E-state index contributed by atoms with van der Waals surface area (Å²) in [6, 6.07) is 2.46. The number of anilines is 2. The second kappa shape index (κ2) is 5.23. The summed E-state index contributed by atoms with van der Waals surface area (Å²) in [5, 5.41) is 13.7. The smallest absolute Gasteiger partial charge is 0.276 e. The Morgan fingerprint density at radius 2 is 2.20 bits per heavy atom. The molecule has 2 rings (SSSR count). The van der Waals surface area contributed by atoms with E-state index in [2.05, 4.69) is 10.3 Å². The lowest BCUT2D eigenvalue weighted by Crippen LogP contribution is -2.47. The fraction of sp³-hybridized carbons (Fsp3) is 0.545. The minimum absolute atomic E-state index is 0.0340. The Bertz CT molecular complexity index is 631. The summed E-state index contributed by atoms with van der Waals surface area (Å²) >= 11 is 0. The van der Waals surface area contributed by atoms with E-state index >= 15 is 0 Å². The lowest BCUT2D eigenvalue weighted by molar-refractivity contribution is -0.384. The molecule has 1 aliphatic rings. The number of pyridine rings is 1. The van der Waals surface area contributed by atoms with E-state index in [4.69, 9.17) is 0 Å². The summed E-state index contributed by atoms with van der Waals surface area (Å²) in [5.41, 5.74) is -0.0695. The Morgan fingerprint density at radius 3 is 2.75 bits per heavy atom. The van der Waals surface area contributed by atoms with Crippen LogP contribution in [0.15, 0.2) is 12.1 Å². The van der Waals surface area contributed by atoms with Gasteiger partial charge in [-0.25, -0.2) is 13.4 Å². The molecule has 0 spiro atoms. The van der Waals surface area contributed by atoms with Crippen molar-refractivity contribution in [1.29, 1.82) is 0 Å². The van der Waals surface area contributed by atoms with Crippen LogP contribution in [0, 0.1) is 10.1 Å². The number of aromatic nitrogens is 1. The van der Waals surface area contributed by atoms with E-state index in [1.54, 1.807) is 18.9 Å². The number of sulfone groups is 1. The summed E-state index contributed by atoms with van der Waals surface area (Å²) in [4.78, 5) is 16.5. The highest BCUT2D eigenvalue weighted by Gasteiger charge is 2.30. The van der Waals surface area contributed by atoms with E-state index in [0.717, 1.165) is 0 Å². The zero-order valence-corrected chi connectivity index (χ0v) is 12.1. The molecule has 1 aromatic rings. The molecular formula is C11H16N4O4S. The van der Waals surface area contributed by atoms with E-state index in [-0.39, 0.29) is 23.2 Å². The third-order valence-corrected chi connectivity index (χ3v) is 5.02. The molecule has 1 fully saturated rings. The molecule has 110 valence electrons. The van der Waals surface area contributed by atoms with E-state index in [1.807, 2.05) is 0 Å². The van der Waals surface area contributed by atoms with Gasteiger partial charge in [-0.15, -0.1) is 0 Å². The Kier molecular flexibility index (Phi) is 3.80. The molecule has 1 unspecified atom stereocenters. The fourth-order valence-corrected chi connectivity index (χ4v) is 3.78. The van der Waals surface area contributed by atoms with E-state index in [0.29, 0.717) is 18.2 Å². The minimum atomic E-state index is -3.03. The molecule has 0 aliphatic carbocycles. The predicted octanol–water partition coefficient (Wildman–Crippen LogP) is 0.655. The lowest BCUT2D eigenvalue weighted by atomic mass is 10.2. The predicted molar refractivity (Wildman–Crippen MR) is 75.9 cm³/mol. The number of rotatable bonds is 3. The topological polar surface area (TPSA) is 105 Å². The molecule has 1 atom stereocenters. The molecule has 0 saturated carbocycles. The quantitative estimate of drug-likeness (QED) is 0.645. The maximum absolute atomic E-state index is 11.6. The van der Waals surface area contributed by atoms with Crippen molar-refractivity contribution in [3.05, 3.63) is 22.2 Å². The van der Waals surface area contributed by atoms with Crippen LogP contribution in [-0.2, 0) is 9.84 Å². The van der Waals surface area contributed by atoms with Crippen LogP contribution in [0.25, 0.3) is 0 Å². The molecule has 20 heavy (non-hydrogen) atoms. The Hall–Kier alpha value is -1.90. The van der Waals surface area contributed by atoms with E-state index in [1.165, 1.54) is 12.1 Å². The van der Waals surface area contributed by atoms with Crippen molar-refractivity contribution in [3.8, 4) is 0 Å². The standard InChI is InChI=1S/C11H16N4O4S/c1-8-7-20(18,19)4-3-14(8)11-6-9(15(16)17)5-10(12-2)13-11/h5-6,8H,3-4,7H2,1-2H3,(H,12,13). The molecule has 1 saturated heterocycles. The zero-order chi connectivity index (χ0) is 14.9. The number of nitrogens with zero attached hydrogens (tertiary/aromatic N) is 3. The summed E-state index contributed by atoms with van der Waals surface area (Å²) in [5.74, 6) is 0.879. The molecule has 0 bridgehead atoms. The average Bonchev–Trinajstić information content (AvgIpc) is 2.37. The van der Waals surface area contributed by atoms with Crippen LogP contribution >= 0.6 is 0 Å². The van der Waals surface area contributed by atoms with Gasteiger partial charge in [0.2, 0.25) is 0 Å². The lowest BCUT2D eigenvalue weighted by Gasteiger charge is -2.34. The largest absolute Gasteiger partial charge is 0.373 e. The minimum Gasteiger partial charge on any atom is -0.373 e. The number of nitro groups is 1. The van der Waals surface area contributed by atoms with Gasteiger partial charge >= 0.3 is 0 Å². The van der Waals surface area contributed by atoms with Gasteiger partial charge in [-0.1, -0.05) is 0 Å². The first-order chi connectivity index (χ1) is 9.32. The van der Waals surface area contributed by atoms with Gasteiger partial charge in [0.25, 0.3) is 5.69 Å². The first-order valence-electron chi connectivity index (χ1n) is 6.13. The molecule has 1 aromatic heterocycles. The van der Waals surface area contributed by atoms with Gasteiger partial charge in [0.05, 0.1) is 28.6 Å². The SMILES string of the molecule is CNc1cc([N+](=O)[O-])cc(N2CCS(=O)(=O)CC2C)n1. The van der Waals surface area contributed by atoms with Crippen molar-refractivity contribution in [2.45, 2.75) is 13.0 Å². The second-order valence-electron chi connectivity index (χ2n) is 4.73. The van der Waals surface area contributed by atoms with Crippen LogP contribution < -0.4 is 10.2 Å². The zero-order valence-electron chi connectivity index (χ0n) is 11.2. The van der Waals surface area contributed by atoms with Crippen molar-refractivity contribution in [3.63, 3.8) is 0 Å². The highest BCUT2D eigenvalue weighted by atomic mass is 32.2. The monoisotopic (exact) mass is 300 g/mol. The molecule has 0 aromatic carbocycles. The molecular weight excluding hydrogens is 284 g/mol. The van der Waals surface area contributed by atoms with Crippen molar-refractivity contribution < 1.29 is 13.3 Å².